The molecule has 0 unspecified atom stereocenters. The molecule has 4 aromatic rings. The molecule has 3 aromatic heterocycles. The van der Waals surface area contributed by atoms with E-state index in [1.54, 1.807) is 12.4 Å². The van der Waals surface area contributed by atoms with Crippen molar-refractivity contribution in [3.05, 3.63) is 78.0 Å². The zero-order valence-electron chi connectivity index (χ0n) is 13.7. The van der Waals surface area contributed by atoms with E-state index in [1.807, 2.05) is 49.6 Å². The molecule has 25 heavy (non-hydrogen) atoms. The quantitative estimate of drug-likeness (QED) is 0.393. The molecular weight excluding hydrogens is 310 g/mol. The molecule has 0 spiro atoms. The van der Waals surface area contributed by atoms with Crippen LogP contribution in [0.15, 0.2) is 61.2 Å². The van der Waals surface area contributed by atoms with Crippen LogP contribution in [0.25, 0.3) is 22.0 Å². The summed E-state index contributed by atoms with van der Waals surface area (Å²) in [5.41, 5.74) is 12.5. The van der Waals surface area contributed by atoms with E-state index in [2.05, 4.69) is 21.0 Å². The van der Waals surface area contributed by atoms with E-state index in [4.69, 9.17) is 11.1 Å². The summed E-state index contributed by atoms with van der Waals surface area (Å²) in [6, 6.07) is 11.7. The minimum Gasteiger partial charge on any atom is -0.398 e. The number of hydrogen-bond donors (Lipinski definition) is 3. The topological polar surface area (TPSA) is 91.4 Å². The number of pyridine rings is 2. The van der Waals surface area contributed by atoms with E-state index < -0.39 is 0 Å². The molecule has 0 aliphatic carbocycles. The van der Waals surface area contributed by atoms with E-state index >= 15 is 0 Å². The van der Waals surface area contributed by atoms with Gasteiger partial charge in [0.25, 0.3) is 0 Å². The summed E-state index contributed by atoms with van der Waals surface area (Å²) in [7, 11) is 0. The lowest BCUT2D eigenvalue weighted by Gasteiger charge is -2.10. The minimum atomic E-state index is 0.358. The van der Waals surface area contributed by atoms with Gasteiger partial charge in [-0.15, -0.1) is 0 Å². The Bertz CT molecular complexity index is 1060. The maximum atomic E-state index is 8.60. The largest absolute Gasteiger partial charge is 0.398 e. The molecule has 0 aliphatic rings. The third-order valence-corrected chi connectivity index (χ3v) is 4.22. The van der Waals surface area contributed by atoms with Crippen molar-refractivity contribution < 1.29 is 0 Å². The molecule has 4 rings (SSSR count). The van der Waals surface area contributed by atoms with Gasteiger partial charge in [-0.25, -0.2) is 0 Å². The number of nitrogens with zero attached hydrogens (tertiary/aromatic N) is 2. The molecule has 122 valence electrons. The first-order valence-electron chi connectivity index (χ1n) is 7.95. The number of H-pyrrole nitrogens is 1. The predicted octanol–water partition coefficient (Wildman–Crippen LogP) is 3.93. The van der Waals surface area contributed by atoms with Crippen LogP contribution in [0.4, 0.5) is 5.69 Å². The lowest BCUT2D eigenvalue weighted by atomic mass is 9.98. The number of nitrogens with two attached hydrogens (primary N) is 1. The van der Waals surface area contributed by atoms with Crippen LogP contribution in [0.5, 0.6) is 0 Å². The van der Waals surface area contributed by atoms with Crippen molar-refractivity contribution in [2.75, 3.05) is 5.73 Å². The third kappa shape index (κ3) is 2.76. The summed E-state index contributed by atoms with van der Waals surface area (Å²) in [5.74, 6) is 0. The number of aryl methyl sites for hydroxylation is 1. The van der Waals surface area contributed by atoms with E-state index in [0.29, 0.717) is 22.7 Å². The summed E-state index contributed by atoms with van der Waals surface area (Å²) in [6.07, 6.45) is 7.14. The van der Waals surface area contributed by atoms with Crippen molar-refractivity contribution in [2.24, 2.45) is 0 Å². The Labute approximate surface area is 145 Å². The molecule has 3 heterocycles. The van der Waals surface area contributed by atoms with Gasteiger partial charge in [0, 0.05) is 40.8 Å². The second-order valence-electron chi connectivity index (χ2n) is 6.07. The number of hydrogen-bond acceptors (Lipinski definition) is 4. The van der Waals surface area contributed by atoms with Gasteiger partial charge in [-0.1, -0.05) is 6.07 Å². The van der Waals surface area contributed by atoms with Gasteiger partial charge in [0.05, 0.1) is 23.1 Å². The smallest absolute Gasteiger partial charge is 0.0868 e. The van der Waals surface area contributed by atoms with E-state index in [0.717, 1.165) is 27.6 Å². The van der Waals surface area contributed by atoms with Gasteiger partial charge < -0.3 is 10.7 Å². The first kappa shape index (κ1) is 15.1. The van der Waals surface area contributed by atoms with Gasteiger partial charge in [0.15, 0.2) is 0 Å². The number of fused-ring (bicyclic) bond motifs is 1. The second kappa shape index (κ2) is 5.87. The number of nitrogens with one attached hydrogen (secondary N) is 2. The first-order chi connectivity index (χ1) is 12.1. The van der Waals surface area contributed by atoms with Crippen LogP contribution in [0.2, 0.25) is 0 Å². The van der Waals surface area contributed by atoms with E-state index in [-0.39, 0.29) is 0 Å². The lowest BCUT2D eigenvalue weighted by molar-refractivity contribution is 1.27. The highest BCUT2D eigenvalue weighted by Gasteiger charge is 2.13. The molecule has 0 fully saturated rings. The maximum absolute atomic E-state index is 8.60. The van der Waals surface area contributed by atoms with Gasteiger partial charge in [-0.05, 0) is 48.4 Å². The lowest BCUT2D eigenvalue weighted by Crippen LogP contribution is -2.06. The number of aromatic amines is 1. The SMILES string of the molecule is Cc1cncc(-c2ccc(N)c(C(=N)c3cc4ccncc4[nH]3)c2)c1. The molecule has 0 saturated heterocycles. The van der Waals surface area contributed by atoms with Gasteiger partial charge in [0.2, 0.25) is 0 Å². The summed E-state index contributed by atoms with van der Waals surface area (Å²) < 4.78 is 0. The van der Waals surface area contributed by atoms with Crippen molar-refractivity contribution in [2.45, 2.75) is 6.92 Å². The van der Waals surface area contributed by atoms with Crippen LogP contribution in [0, 0.1) is 12.3 Å². The minimum absolute atomic E-state index is 0.358. The van der Waals surface area contributed by atoms with Crippen molar-refractivity contribution in [3.8, 4) is 11.1 Å². The molecule has 0 aliphatic heterocycles. The highest BCUT2D eigenvalue weighted by atomic mass is 14.8. The summed E-state index contributed by atoms with van der Waals surface area (Å²) >= 11 is 0. The monoisotopic (exact) mass is 327 g/mol. The Morgan fingerprint density at radius 1 is 1.00 bits per heavy atom. The fourth-order valence-electron chi connectivity index (χ4n) is 2.92. The Kier molecular flexibility index (Phi) is 3.54. The number of anilines is 1. The number of nitrogen functional groups attached to an aromatic ring is 1. The average molecular weight is 327 g/mol. The van der Waals surface area contributed by atoms with Gasteiger partial charge in [-0.3, -0.25) is 15.4 Å². The van der Waals surface area contributed by atoms with Crippen LogP contribution >= 0.6 is 0 Å². The summed E-state index contributed by atoms with van der Waals surface area (Å²) in [4.78, 5) is 11.6. The Balaban J connectivity index is 1.79. The van der Waals surface area contributed by atoms with Gasteiger partial charge in [0.1, 0.15) is 0 Å². The average Bonchev–Trinajstić information content (AvgIpc) is 3.06. The van der Waals surface area contributed by atoms with Crippen molar-refractivity contribution in [3.63, 3.8) is 0 Å². The van der Waals surface area contributed by atoms with Crippen molar-refractivity contribution in [1.29, 1.82) is 5.41 Å². The number of aromatic nitrogens is 3. The fourth-order valence-corrected chi connectivity index (χ4v) is 2.92. The molecule has 5 nitrogen and oxygen atoms in total. The Morgan fingerprint density at radius 3 is 2.68 bits per heavy atom. The van der Waals surface area contributed by atoms with E-state index in [9.17, 15) is 0 Å². The molecule has 0 atom stereocenters. The third-order valence-electron chi connectivity index (χ3n) is 4.22. The normalized spacial score (nSPS) is 10.9. The molecular formula is C20H17N5. The van der Waals surface area contributed by atoms with Crippen LogP contribution < -0.4 is 5.73 Å². The van der Waals surface area contributed by atoms with Gasteiger partial charge in [-0.2, -0.15) is 0 Å². The zero-order valence-corrected chi connectivity index (χ0v) is 13.7. The fraction of sp³-hybridized carbons (Fsp3) is 0.0500. The van der Waals surface area contributed by atoms with E-state index in [1.165, 1.54) is 0 Å². The van der Waals surface area contributed by atoms with Crippen LogP contribution in [-0.2, 0) is 0 Å². The Hall–Kier alpha value is -3.47. The standard InChI is InChI=1S/C20H17N5/c1-12-6-15(10-24-9-12)13-2-3-17(21)16(7-13)20(22)18-8-14-4-5-23-11-19(14)25-18/h2-11,22,25H,21H2,1H3. The van der Waals surface area contributed by atoms with Crippen molar-refractivity contribution in [1.82, 2.24) is 15.0 Å². The van der Waals surface area contributed by atoms with Crippen LogP contribution in [0.1, 0.15) is 16.8 Å². The first-order valence-corrected chi connectivity index (χ1v) is 7.95. The van der Waals surface area contributed by atoms with Crippen LogP contribution in [0.3, 0.4) is 0 Å². The molecule has 4 N–H and O–H groups in total. The van der Waals surface area contributed by atoms with Gasteiger partial charge >= 0.3 is 0 Å². The molecule has 1 aromatic carbocycles. The molecule has 0 amide bonds. The maximum Gasteiger partial charge on any atom is 0.0868 e. The highest BCUT2D eigenvalue weighted by Crippen LogP contribution is 2.26. The number of rotatable bonds is 3. The summed E-state index contributed by atoms with van der Waals surface area (Å²) in [6.45, 7) is 2.01. The number of benzene rings is 1. The molecule has 0 bridgehead atoms. The second-order valence-corrected chi connectivity index (χ2v) is 6.07. The van der Waals surface area contributed by atoms with Crippen molar-refractivity contribution >= 4 is 22.3 Å². The molecule has 0 saturated carbocycles. The molecule has 0 radical (unpaired) electrons. The predicted molar refractivity (Wildman–Crippen MR) is 101 cm³/mol. The molecule has 5 heteroatoms. The zero-order chi connectivity index (χ0) is 17.4. The Morgan fingerprint density at radius 2 is 1.88 bits per heavy atom. The highest BCUT2D eigenvalue weighted by molar-refractivity contribution is 6.15. The summed E-state index contributed by atoms with van der Waals surface area (Å²) in [5, 5.41) is 9.62. The van der Waals surface area contributed by atoms with Crippen LogP contribution in [-0.4, -0.2) is 20.7 Å².